The Morgan fingerprint density at radius 1 is 1.50 bits per heavy atom. The number of aromatic nitrogens is 2. The minimum atomic E-state index is -0.513. The molecule has 1 saturated carbocycles. The molecule has 7 nitrogen and oxygen atoms in total. The number of methoxy groups -OCH3 is 1. The van der Waals surface area contributed by atoms with E-state index in [0.29, 0.717) is 13.2 Å². The van der Waals surface area contributed by atoms with Crippen LogP contribution in [-0.2, 0) is 11.3 Å². The summed E-state index contributed by atoms with van der Waals surface area (Å²) >= 11 is 0. The van der Waals surface area contributed by atoms with E-state index < -0.39 is 11.2 Å². The van der Waals surface area contributed by atoms with Crippen molar-refractivity contribution in [2.24, 2.45) is 0 Å². The van der Waals surface area contributed by atoms with Gasteiger partial charge in [-0.25, -0.2) is 4.79 Å². The Balaban J connectivity index is 2.39. The Kier molecular flexibility index (Phi) is 3.16. The summed E-state index contributed by atoms with van der Waals surface area (Å²) < 4.78 is 6.22. The Morgan fingerprint density at radius 2 is 2.17 bits per heavy atom. The van der Waals surface area contributed by atoms with Gasteiger partial charge in [-0.15, -0.1) is 0 Å². The number of nitrogens with one attached hydrogen (secondary N) is 2. The summed E-state index contributed by atoms with van der Waals surface area (Å²) in [6.45, 7) is 2.67. The molecule has 100 valence electrons. The first kappa shape index (κ1) is 12.7. The fourth-order valence-electron chi connectivity index (χ4n) is 1.73. The predicted octanol–water partition coefficient (Wildman–Crippen LogP) is -0.270. The van der Waals surface area contributed by atoms with Gasteiger partial charge in [-0.2, -0.15) is 0 Å². The minimum Gasteiger partial charge on any atom is -0.383 e. The molecule has 1 aliphatic carbocycles. The van der Waals surface area contributed by atoms with Crippen molar-refractivity contribution in [3.63, 3.8) is 0 Å². The number of H-pyrrole nitrogens is 1. The summed E-state index contributed by atoms with van der Waals surface area (Å²) in [5.74, 6) is 0.161. The normalized spacial score (nSPS) is 16.6. The highest BCUT2D eigenvalue weighted by Crippen LogP contribution is 2.38. The zero-order valence-electron chi connectivity index (χ0n) is 10.6. The number of anilines is 2. The maximum Gasteiger partial charge on any atom is 0.330 e. The Bertz CT molecular complexity index is 556. The van der Waals surface area contributed by atoms with Crippen LogP contribution in [0.5, 0.6) is 0 Å². The van der Waals surface area contributed by atoms with Crippen molar-refractivity contribution in [3.8, 4) is 0 Å². The van der Waals surface area contributed by atoms with E-state index in [-0.39, 0.29) is 17.0 Å². The molecular formula is C11H18N4O3. The fraction of sp³-hybridized carbons (Fsp3) is 0.636. The van der Waals surface area contributed by atoms with E-state index in [0.717, 1.165) is 12.8 Å². The van der Waals surface area contributed by atoms with Crippen molar-refractivity contribution < 1.29 is 4.74 Å². The molecular weight excluding hydrogens is 236 g/mol. The average molecular weight is 254 g/mol. The van der Waals surface area contributed by atoms with E-state index in [1.807, 2.05) is 6.92 Å². The molecule has 0 aromatic carbocycles. The quantitative estimate of drug-likeness (QED) is 0.671. The van der Waals surface area contributed by atoms with Crippen LogP contribution >= 0.6 is 0 Å². The van der Waals surface area contributed by atoms with E-state index in [2.05, 4.69) is 10.3 Å². The van der Waals surface area contributed by atoms with Gasteiger partial charge >= 0.3 is 5.69 Å². The molecule has 0 unspecified atom stereocenters. The van der Waals surface area contributed by atoms with Gasteiger partial charge in [0, 0.05) is 12.6 Å². The first-order valence-electron chi connectivity index (χ1n) is 5.86. The third-order valence-electron chi connectivity index (χ3n) is 3.19. The number of aromatic amines is 1. The second kappa shape index (κ2) is 4.49. The van der Waals surface area contributed by atoms with Crippen LogP contribution < -0.4 is 22.3 Å². The van der Waals surface area contributed by atoms with Crippen molar-refractivity contribution in [1.29, 1.82) is 0 Å². The Labute approximate surface area is 104 Å². The molecule has 0 saturated heterocycles. The first-order chi connectivity index (χ1) is 8.47. The van der Waals surface area contributed by atoms with E-state index in [1.54, 1.807) is 0 Å². The summed E-state index contributed by atoms with van der Waals surface area (Å²) in [5, 5.41) is 3.10. The summed E-state index contributed by atoms with van der Waals surface area (Å²) in [5.41, 5.74) is 5.09. The molecule has 1 heterocycles. The molecule has 2 rings (SSSR count). The third kappa shape index (κ3) is 2.40. The summed E-state index contributed by atoms with van der Waals surface area (Å²) in [4.78, 5) is 25.7. The van der Waals surface area contributed by atoms with Crippen molar-refractivity contribution in [2.45, 2.75) is 31.8 Å². The van der Waals surface area contributed by atoms with Gasteiger partial charge in [-0.05, 0) is 19.8 Å². The highest BCUT2D eigenvalue weighted by atomic mass is 16.5. The fourth-order valence-corrected chi connectivity index (χ4v) is 1.73. The lowest BCUT2D eigenvalue weighted by Crippen LogP contribution is -2.36. The average Bonchev–Trinajstić information content (AvgIpc) is 3.03. The smallest absolute Gasteiger partial charge is 0.330 e. The summed E-state index contributed by atoms with van der Waals surface area (Å²) in [6.07, 6.45) is 1.98. The lowest BCUT2D eigenvalue weighted by Gasteiger charge is -2.17. The standard InChI is InChI=1S/C11H18N4O3/c1-11(3-4-11)14-7-8(12)15(5-6-18-2)10(17)13-9(7)16/h14H,3-6,12H2,1-2H3,(H,13,16,17). The molecule has 0 amide bonds. The molecule has 0 radical (unpaired) electrons. The number of hydrogen-bond donors (Lipinski definition) is 3. The topological polar surface area (TPSA) is 102 Å². The largest absolute Gasteiger partial charge is 0.383 e. The predicted molar refractivity (Wildman–Crippen MR) is 68.9 cm³/mol. The second-order valence-electron chi connectivity index (χ2n) is 4.85. The number of nitrogen functional groups attached to an aromatic ring is 1. The van der Waals surface area contributed by atoms with Gasteiger partial charge in [0.05, 0.1) is 13.2 Å². The molecule has 1 aliphatic rings. The summed E-state index contributed by atoms with van der Waals surface area (Å²) in [6, 6.07) is 0. The Morgan fingerprint density at radius 3 is 2.72 bits per heavy atom. The van der Waals surface area contributed by atoms with Crippen molar-refractivity contribution in [2.75, 3.05) is 24.8 Å². The van der Waals surface area contributed by atoms with Gasteiger partial charge in [0.1, 0.15) is 11.5 Å². The van der Waals surface area contributed by atoms with Gasteiger partial charge in [0.15, 0.2) is 0 Å². The van der Waals surface area contributed by atoms with Gasteiger partial charge < -0.3 is 15.8 Å². The van der Waals surface area contributed by atoms with Crippen LogP contribution in [0.4, 0.5) is 11.5 Å². The lowest BCUT2D eigenvalue weighted by atomic mass is 10.3. The van der Waals surface area contributed by atoms with E-state index in [9.17, 15) is 9.59 Å². The molecule has 18 heavy (non-hydrogen) atoms. The molecule has 1 aromatic rings. The zero-order chi connectivity index (χ0) is 13.3. The molecule has 7 heteroatoms. The molecule has 1 fully saturated rings. The number of nitrogens with zero attached hydrogens (tertiary/aromatic N) is 1. The van der Waals surface area contributed by atoms with Crippen LogP contribution in [-0.4, -0.2) is 28.8 Å². The lowest BCUT2D eigenvalue weighted by molar-refractivity contribution is 0.186. The van der Waals surface area contributed by atoms with Crippen LogP contribution in [0.25, 0.3) is 0 Å². The van der Waals surface area contributed by atoms with Crippen LogP contribution in [0.15, 0.2) is 9.59 Å². The number of hydrogen-bond acceptors (Lipinski definition) is 5. The molecule has 0 bridgehead atoms. The zero-order valence-corrected chi connectivity index (χ0v) is 10.6. The highest BCUT2D eigenvalue weighted by molar-refractivity contribution is 5.62. The second-order valence-corrected chi connectivity index (χ2v) is 4.85. The van der Waals surface area contributed by atoms with Crippen LogP contribution in [0.3, 0.4) is 0 Å². The first-order valence-corrected chi connectivity index (χ1v) is 5.86. The van der Waals surface area contributed by atoms with Gasteiger partial charge in [0.2, 0.25) is 0 Å². The Hall–Kier alpha value is -1.76. The van der Waals surface area contributed by atoms with Gasteiger partial charge in [0.25, 0.3) is 5.56 Å². The van der Waals surface area contributed by atoms with E-state index >= 15 is 0 Å². The van der Waals surface area contributed by atoms with Crippen LogP contribution in [0.1, 0.15) is 19.8 Å². The van der Waals surface area contributed by atoms with E-state index in [1.165, 1.54) is 11.7 Å². The molecule has 0 spiro atoms. The maximum absolute atomic E-state index is 11.7. The monoisotopic (exact) mass is 254 g/mol. The van der Waals surface area contributed by atoms with E-state index in [4.69, 9.17) is 10.5 Å². The third-order valence-corrected chi connectivity index (χ3v) is 3.19. The number of ether oxygens (including phenoxy) is 1. The minimum absolute atomic E-state index is 0.0788. The molecule has 4 N–H and O–H groups in total. The number of nitrogens with two attached hydrogens (primary N) is 1. The number of rotatable bonds is 5. The molecule has 0 aliphatic heterocycles. The highest BCUT2D eigenvalue weighted by Gasteiger charge is 2.38. The van der Waals surface area contributed by atoms with Crippen LogP contribution in [0, 0.1) is 0 Å². The molecule has 1 aromatic heterocycles. The maximum atomic E-state index is 11.7. The van der Waals surface area contributed by atoms with Crippen LogP contribution in [0.2, 0.25) is 0 Å². The SMILES string of the molecule is COCCn1c(N)c(NC2(C)CC2)c(=O)[nH]c1=O. The summed E-state index contributed by atoms with van der Waals surface area (Å²) in [7, 11) is 1.54. The molecule has 0 atom stereocenters. The van der Waals surface area contributed by atoms with Crippen molar-refractivity contribution in [1.82, 2.24) is 9.55 Å². The van der Waals surface area contributed by atoms with Gasteiger partial charge in [-0.1, -0.05) is 0 Å². The van der Waals surface area contributed by atoms with Gasteiger partial charge in [-0.3, -0.25) is 14.3 Å². The van der Waals surface area contributed by atoms with Crippen molar-refractivity contribution >= 4 is 11.5 Å². The van der Waals surface area contributed by atoms with Crippen molar-refractivity contribution in [3.05, 3.63) is 20.8 Å².